The van der Waals surface area contributed by atoms with Gasteiger partial charge >= 0.3 is 0 Å². The summed E-state index contributed by atoms with van der Waals surface area (Å²) in [6.45, 7) is 0. The van der Waals surface area contributed by atoms with Gasteiger partial charge in [-0.1, -0.05) is 23.8 Å². The maximum Gasteiger partial charge on any atom is 0.262 e. The fourth-order valence-electron chi connectivity index (χ4n) is 5.31. The summed E-state index contributed by atoms with van der Waals surface area (Å²) < 4.78 is 51.3. The second-order valence-electron chi connectivity index (χ2n) is 9.13. The number of allylic oxidation sites excluding steroid dienone is 2. The molecular weight excluding hydrogens is 528 g/mol. The van der Waals surface area contributed by atoms with Crippen LogP contribution in [-0.4, -0.2) is 36.9 Å². The first-order chi connectivity index (χ1) is 18.3. The Balaban J connectivity index is 1.51. The van der Waals surface area contributed by atoms with E-state index in [2.05, 4.69) is 22.2 Å². The van der Waals surface area contributed by atoms with Gasteiger partial charge < -0.3 is 24.3 Å². The highest BCUT2D eigenvalue weighted by molar-refractivity contribution is 7.92. The first-order valence-electron chi connectivity index (χ1n) is 12.0. The van der Waals surface area contributed by atoms with E-state index in [-0.39, 0.29) is 28.5 Å². The topological polar surface area (TPSA) is 95.1 Å². The summed E-state index contributed by atoms with van der Waals surface area (Å²) in [4.78, 5) is 0.158. The molecule has 0 aromatic heterocycles. The van der Waals surface area contributed by atoms with E-state index in [0.717, 1.165) is 23.2 Å². The molecule has 0 spiro atoms. The maximum absolute atomic E-state index is 13.4. The second-order valence-corrected chi connectivity index (χ2v) is 11.3. The highest BCUT2D eigenvalue weighted by Crippen LogP contribution is 2.52. The molecule has 5 rings (SSSR count). The highest BCUT2D eigenvalue weighted by atomic mass is 35.5. The van der Waals surface area contributed by atoms with E-state index in [4.69, 9.17) is 30.5 Å². The van der Waals surface area contributed by atoms with Crippen molar-refractivity contribution in [1.29, 1.82) is 0 Å². The molecule has 38 heavy (non-hydrogen) atoms. The smallest absolute Gasteiger partial charge is 0.262 e. The van der Waals surface area contributed by atoms with Crippen LogP contribution in [0.4, 0.5) is 11.4 Å². The lowest BCUT2D eigenvalue weighted by Gasteiger charge is -2.38. The second kappa shape index (κ2) is 10.3. The van der Waals surface area contributed by atoms with Crippen LogP contribution in [0.15, 0.2) is 65.6 Å². The van der Waals surface area contributed by atoms with Crippen molar-refractivity contribution in [3.05, 3.63) is 76.8 Å². The van der Waals surface area contributed by atoms with Crippen molar-refractivity contribution < 1.29 is 27.4 Å². The van der Waals surface area contributed by atoms with Gasteiger partial charge in [0.15, 0.2) is 11.5 Å². The lowest BCUT2D eigenvalue weighted by molar-refractivity contribution is 0.322. The number of nitrogens with one attached hydrogen (secondary N) is 2. The number of methoxy groups -OCH3 is 4. The molecule has 200 valence electrons. The van der Waals surface area contributed by atoms with Gasteiger partial charge in [-0.15, -0.1) is 0 Å². The number of anilines is 2. The third-order valence-electron chi connectivity index (χ3n) is 7.10. The number of sulfonamides is 1. The first kappa shape index (κ1) is 26.1. The van der Waals surface area contributed by atoms with E-state index in [1.807, 2.05) is 18.2 Å². The van der Waals surface area contributed by atoms with Crippen molar-refractivity contribution in [3.8, 4) is 23.0 Å². The van der Waals surface area contributed by atoms with Gasteiger partial charge in [0.05, 0.1) is 45.1 Å². The molecule has 3 aromatic carbocycles. The third kappa shape index (κ3) is 4.61. The monoisotopic (exact) mass is 556 g/mol. The first-order valence-corrected chi connectivity index (χ1v) is 13.9. The van der Waals surface area contributed by atoms with Crippen LogP contribution in [0.25, 0.3) is 0 Å². The molecule has 3 aromatic rings. The fourth-order valence-corrected chi connectivity index (χ4v) is 6.58. The summed E-state index contributed by atoms with van der Waals surface area (Å²) in [5.41, 5.74) is 3.07. The van der Waals surface area contributed by atoms with Gasteiger partial charge in [-0.3, -0.25) is 4.72 Å². The summed E-state index contributed by atoms with van der Waals surface area (Å²) in [5, 5.41) is 4.03. The van der Waals surface area contributed by atoms with E-state index in [0.29, 0.717) is 28.0 Å². The number of halogens is 1. The fraction of sp³-hybridized carbons (Fsp3) is 0.286. The zero-order chi connectivity index (χ0) is 27.0. The molecule has 1 aliphatic carbocycles. The third-order valence-corrected chi connectivity index (χ3v) is 8.69. The minimum Gasteiger partial charge on any atom is -0.495 e. The van der Waals surface area contributed by atoms with Crippen LogP contribution in [0.5, 0.6) is 23.0 Å². The molecule has 8 nitrogen and oxygen atoms in total. The minimum atomic E-state index is -3.90. The van der Waals surface area contributed by atoms with Gasteiger partial charge in [0, 0.05) is 16.6 Å². The van der Waals surface area contributed by atoms with E-state index >= 15 is 0 Å². The molecule has 1 aliphatic heterocycles. The highest BCUT2D eigenvalue weighted by Gasteiger charge is 2.39. The molecule has 1 heterocycles. The normalized spacial score (nSPS) is 19.7. The van der Waals surface area contributed by atoms with E-state index in [9.17, 15) is 8.42 Å². The Morgan fingerprint density at radius 2 is 1.61 bits per heavy atom. The van der Waals surface area contributed by atoms with Gasteiger partial charge in [0.25, 0.3) is 10.0 Å². The Labute approximate surface area is 227 Å². The van der Waals surface area contributed by atoms with Crippen LogP contribution in [0.3, 0.4) is 0 Å². The number of hydrogen-bond acceptors (Lipinski definition) is 7. The standard InChI is InChI=1S/C28H29ClN2O6S/c1-34-24-11-8-17(29)14-23(24)31-38(32,33)18-9-10-22-21(15-18)19-6-5-7-20(19)27(30-22)16-12-25(35-2)28(37-4)26(13-16)36-3/h5-6,8-15,19-20,27,30-31H,7H2,1-4H3/t19-,20+,27+/m0/s1. The van der Waals surface area contributed by atoms with Crippen molar-refractivity contribution in [2.45, 2.75) is 23.3 Å². The quantitative estimate of drug-likeness (QED) is 0.328. The Bertz CT molecular complexity index is 1480. The number of rotatable bonds is 8. The van der Waals surface area contributed by atoms with Gasteiger partial charge in [-0.05, 0) is 72.0 Å². The molecule has 2 aliphatic rings. The van der Waals surface area contributed by atoms with Crippen molar-refractivity contribution in [1.82, 2.24) is 0 Å². The zero-order valence-electron chi connectivity index (χ0n) is 21.4. The van der Waals surface area contributed by atoms with Gasteiger partial charge in [0.1, 0.15) is 5.75 Å². The van der Waals surface area contributed by atoms with Gasteiger partial charge in [-0.25, -0.2) is 8.42 Å². The van der Waals surface area contributed by atoms with Crippen LogP contribution in [-0.2, 0) is 10.0 Å². The summed E-state index contributed by atoms with van der Waals surface area (Å²) in [6, 6.07) is 13.8. The lowest BCUT2D eigenvalue weighted by atomic mass is 9.77. The molecule has 0 unspecified atom stereocenters. The van der Waals surface area contributed by atoms with Crippen molar-refractivity contribution in [3.63, 3.8) is 0 Å². The number of ether oxygens (including phenoxy) is 4. The molecule has 0 radical (unpaired) electrons. The predicted molar refractivity (Wildman–Crippen MR) is 148 cm³/mol. The molecule has 3 atom stereocenters. The molecule has 0 saturated heterocycles. The number of hydrogen-bond donors (Lipinski definition) is 2. The molecule has 0 fully saturated rings. The molecular formula is C28H29ClN2O6S. The van der Waals surface area contributed by atoms with Crippen LogP contribution in [0, 0.1) is 5.92 Å². The largest absolute Gasteiger partial charge is 0.495 e. The Kier molecular flexibility index (Phi) is 7.07. The SMILES string of the molecule is COc1ccc(Cl)cc1NS(=O)(=O)c1ccc2c(c1)[C@H]1C=CC[C@H]1[C@@H](c1cc(OC)c(OC)c(OC)c1)N2. The number of fused-ring (bicyclic) bond motifs is 3. The molecule has 0 amide bonds. The number of benzene rings is 3. The molecule has 2 N–H and O–H groups in total. The van der Waals surface area contributed by atoms with Crippen molar-refractivity contribution in [2.24, 2.45) is 5.92 Å². The van der Waals surface area contributed by atoms with Crippen LogP contribution in [0.2, 0.25) is 5.02 Å². The van der Waals surface area contributed by atoms with E-state index < -0.39 is 10.0 Å². The zero-order valence-corrected chi connectivity index (χ0v) is 23.0. The lowest BCUT2D eigenvalue weighted by Crippen LogP contribution is -2.29. The van der Waals surface area contributed by atoms with Gasteiger partial charge in [-0.2, -0.15) is 0 Å². The summed E-state index contributed by atoms with van der Waals surface area (Å²) in [6.07, 6.45) is 5.14. The van der Waals surface area contributed by atoms with Crippen LogP contribution >= 0.6 is 11.6 Å². The Morgan fingerprint density at radius 3 is 2.26 bits per heavy atom. The Hall–Kier alpha value is -3.56. The molecule has 0 bridgehead atoms. The summed E-state index contributed by atoms with van der Waals surface area (Å²) >= 11 is 6.09. The molecule has 0 saturated carbocycles. The van der Waals surface area contributed by atoms with Crippen molar-refractivity contribution in [2.75, 3.05) is 38.5 Å². The predicted octanol–water partition coefficient (Wildman–Crippen LogP) is 6.00. The van der Waals surface area contributed by atoms with E-state index in [1.54, 1.807) is 45.6 Å². The maximum atomic E-state index is 13.4. The Morgan fingerprint density at radius 1 is 0.895 bits per heavy atom. The van der Waals surface area contributed by atoms with E-state index in [1.165, 1.54) is 13.2 Å². The average molecular weight is 557 g/mol. The van der Waals surface area contributed by atoms with Gasteiger partial charge in [0.2, 0.25) is 5.75 Å². The van der Waals surface area contributed by atoms with Crippen LogP contribution in [0.1, 0.15) is 29.5 Å². The van der Waals surface area contributed by atoms with Crippen LogP contribution < -0.4 is 29.0 Å². The minimum absolute atomic E-state index is 0.0335. The summed E-state index contributed by atoms with van der Waals surface area (Å²) in [5.74, 6) is 2.29. The molecule has 10 heteroatoms. The van der Waals surface area contributed by atoms with Crippen molar-refractivity contribution >= 4 is 33.0 Å². The average Bonchev–Trinajstić information content (AvgIpc) is 3.42. The summed E-state index contributed by atoms with van der Waals surface area (Å²) in [7, 11) is 2.34.